The summed E-state index contributed by atoms with van der Waals surface area (Å²) in [7, 11) is 0. The Kier molecular flexibility index (Phi) is 3.36. The zero-order valence-electron chi connectivity index (χ0n) is 10.8. The average Bonchev–Trinajstić information content (AvgIpc) is 3.20. The van der Waals surface area contributed by atoms with Gasteiger partial charge in [0.05, 0.1) is 10.7 Å². The first-order valence-corrected chi connectivity index (χ1v) is 6.76. The van der Waals surface area contributed by atoms with Crippen molar-refractivity contribution in [1.82, 2.24) is 9.55 Å². The lowest BCUT2D eigenvalue weighted by Gasteiger charge is -2.08. The zero-order chi connectivity index (χ0) is 14.1. The summed E-state index contributed by atoms with van der Waals surface area (Å²) in [6.45, 7) is 0.121. The smallest absolute Gasteiger partial charge is 0.355 e. The van der Waals surface area contributed by atoms with Crippen LogP contribution in [0.4, 0.5) is 5.69 Å². The van der Waals surface area contributed by atoms with Crippen LogP contribution in [0.2, 0.25) is 5.02 Å². The van der Waals surface area contributed by atoms with Crippen LogP contribution in [0.15, 0.2) is 30.7 Å². The second kappa shape index (κ2) is 5.17. The van der Waals surface area contributed by atoms with Crippen LogP contribution < -0.4 is 5.73 Å². The molecule has 1 aliphatic rings. The molecule has 104 valence electrons. The van der Waals surface area contributed by atoms with Gasteiger partial charge in [-0.15, -0.1) is 0 Å². The number of ether oxygens (including phenoxy) is 1. The Balaban J connectivity index is 1.72. The Morgan fingerprint density at radius 3 is 3.05 bits per heavy atom. The van der Waals surface area contributed by atoms with Gasteiger partial charge >= 0.3 is 5.97 Å². The number of hydrogen-bond donors (Lipinski definition) is 1. The Hall–Kier alpha value is -2.01. The van der Waals surface area contributed by atoms with E-state index in [1.165, 1.54) is 6.20 Å². The minimum absolute atomic E-state index is 0.121. The first-order chi connectivity index (χ1) is 9.65. The van der Waals surface area contributed by atoms with Crippen molar-refractivity contribution in [1.29, 1.82) is 0 Å². The third kappa shape index (κ3) is 2.63. The third-order valence-corrected chi connectivity index (χ3v) is 3.57. The van der Waals surface area contributed by atoms with Crippen molar-refractivity contribution < 1.29 is 9.53 Å². The van der Waals surface area contributed by atoms with E-state index in [4.69, 9.17) is 22.1 Å². The van der Waals surface area contributed by atoms with Crippen LogP contribution in [0.25, 0.3) is 0 Å². The topological polar surface area (TPSA) is 70.1 Å². The highest BCUT2D eigenvalue weighted by Gasteiger charge is 2.28. The lowest BCUT2D eigenvalue weighted by molar-refractivity contribution is 0.0460. The van der Waals surface area contributed by atoms with Crippen molar-refractivity contribution in [3.05, 3.63) is 47.0 Å². The fourth-order valence-corrected chi connectivity index (χ4v) is 2.23. The van der Waals surface area contributed by atoms with E-state index in [1.54, 1.807) is 24.5 Å². The molecule has 2 heterocycles. The second-order valence-electron chi connectivity index (χ2n) is 4.84. The molecule has 6 heteroatoms. The van der Waals surface area contributed by atoms with Crippen molar-refractivity contribution in [3.63, 3.8) is 0 Å². The Bertz CT molecular complexity index is 650. The van der Waals surface area contributed by atoms with Crippen LogP contribution >= 0.6 is 11.6 Å². The molecule has 20 heavy (non-hydrogen) atoms. The number of pyridine rings is 1. The van der Waals surface area contributed by atoms with Gasteiger partial charge in [-0.1, -0.05) is 11.6 Å². The molecule has 2 N–H and O–H groups in total. The Labute approximate surface area is 121 Å². The van der Waals surface area contributed by atoms with Gasteiger partial charge in [0.1, 0.15) is 12.3 Å². The SMILES string of the molecule is Nc1cc(C(=O)OCc2ccncc2Cl)n(C2CC2)c1. The van der Waals surface area contributed by atoms with Crippen LogP contribution in [0.5, 0.6) is 0 Å². The number of rotatable bonds is 4. The molecule has 3 rings (SSSR count). The first kappa shape index (κ1) is 13.0. The van der Waals surface area contributed by atoms with Crippen LogP contribution in [0, 0.1) is 0 Å². The van der Waals surface area contributed by atoms with E-state index in [0.717, 1.165) is 18.4 Å². The summed E-state index contributed by atoms with van der Waals surface area (Å²) in [6.07, 6.45) is 7.07. The number of halogens is 1. The highest BCUT2D eigenvalue weighted by molar-refractivity contribution is 6.31. The van der Waals surface area contributed by atoms with Gasteiger partial charge in [-0.25, -0.2) is 4.79 Å². The maximum absolute atomic E-state index is 12.1. The molecule has 0 spiro atoms. The maximum atomic E-state index is 12.1. The van der Waals surface area contributed by atoms with Gasteiger partial charge in [0.15, 0.2) is 0 Å². The highest BCUT2D eigenvalue weighted by atomic mass is 35.5. The zero-order valence-corrected chi connectivity index (χ0v) is 11.5. The predicted molar refractivity (Wildman–Crippen MR) is 75.5 cm³/mol. The van der Waals surface area contributed by atoms with E-state index in [9.17, 15) is 4.79 Å². The van der Waals surface area contributed by atoms with Gasteiger partial charge in [0, 0.05) is 30.2 Å². The summed E-state index contributed by atoms with van der Waals surface area (Å²) in [5, 5.41) is 0.484. The van der Waals surface area contributed by atoms with E-state index in [2.05, 4.69) is 4.98 Å². The molecule has 1 saturated carbocycles. The fraction of sp³-hybridized carbons (Fsp3) is 0.286. The van der Waals surface area contributed by atoms with Gasteiger partial charge in [-0.2, -0.15) is 0 Å². The number of carbonyl (C=O) groups is 1. The molecular formula is C14H14ClN3O2. The van der Waals surface area contributed by atoms with Crippen LogP contribution in [-0.4, -0.2) is 15.5 Å². The lowest BCUT2D eigenvalue weighted by Crippen LogP contribution is -2.11. The molecule has 0 amide bonds. The lowest BCUT2D eigenvalue weighted by atomic mass is 10.3. The quantitative estimate of drug-likeness (QED) is 0.879. The molecule has 1 fully saturated rings. The number of aromatic nitrogens is 2. The van der Waals surface area contributed by atoms with Gasteiger partial charge in [-0.05, 0) is 25.0 Å². The molecule has 0 bridgehead atoms. The summed E-state index contributed by atoms with van der Waals surface area (Å²) in [6, 6.07) is 3.75. The predicted octanol–water partition coefficient (Wildman–Crippen LogP) is 2.81. The van der Waals surface area contributed by atoms with E-state index in [-0.39, 0.29) is 12.6 Å². The minimum Gasteiger partial charge on any atom is -0.456 e. The van der Waals surface area contributed by atoms with Crippen molar-refractivity contribution in [2.24, 2.45) is 0 Å². The molecule has 0 aliphatic heterocycles. The summed E-state index contributed by atoms with van der Waals surface area (Å²) in [5.41, 5.74) is 7.56. The van der Waals surface area contributed by atoms with E-state index in [0.29, 0.717) is 22.4 Å². The molecule has 0 radical (unpaired) electrons. The molecule has 0 aromatic carbocycles. The number of esters is 1. The second-order valence-corrected chi connectivity index (χ2v) is 5.25. The van der Waals surface area contributed by atoms with E-state index in [1.807, 2.05) is 4.57 Å². The average molecular weight is 292 g/mol. The summed E-state index contributed by atoms with van der Waals surface area (Å²) < 4.78 is 7.19. The molecule has 5 nitrogen and oxygen atoms in total. The third-order valence-electron chi connectivity index (χ3n) is 3.23. The van der Waals surface area contributed by atoms with E-state index < -0.39 is 0 Å². The number of hydrogen-bond acceptors (Lipinski definition) is 4. The van der Waals surface area contributed by atoms with Gasteiger partial charge in [0.25, 0.3) is 0 Å². The van der Waals surface area contributed by atoms with Crippen molar-refractivity contribution in [2.75, 3.05) is 5.73 Å². The van der Waals surface area contributed by atoms with Crippen LogP contribution in [-0.2, 0) is 11.3 Å². The van der Waals surface area contributed by atoms with Gasteiger partial charge in [-0.3, -0.25) is 4.98 Å². The summed E-state index contributed by atoms with van der Waals surface area (Å²) >= 11 is 5.97. The molecular weight excluding hydrogens is 278 g/mol. The summed E-state index contributed by atoms with van der Waals surface area (Å²) in [5.74, 6) is -0.388. The van der Waals surface area contributed by atoms with Gasteiger partial charge in [0.2, 0.25) is 0 Å². The highest BCUT2D eigenvalue weighted by Crippen LogP contribution is 2.37. The largest absolute Gasteiger partial charge is 0.456 e. The normalized spacial score (nSPS) is 14.2. The van der Waals surface area contributed by atoms with E-state index >= 15 is 0 Å². The number of nitrogens with zero attached hydrogens (tertiary/aromatic N) is 2. The minimum atomic E-state index is -0.388. The van der Waals surface area contributed by atoms with Crippen LogP contribution in [0.3, 0.4) is 0 Å². The number of carbonyl (C=O) groups excluding carboxylic acids is 1. The van der Waals surface area contributed by atoms with Crippen LogP contribution in [0.1, 0.15) is 34.9 Å². The van der Waals surface area contributed by atoms with Gasteiger partial charge < -0.3 is 15.0 Å². The fourth-order valence-electron chi connectivity index (χ4n) is 2.06. The Morgan fingerprint density at radius 1 is 1.55 bits per heavy atom. The first-order valence-electron chi connectivity index (χ1n) is 6.38. The maximum Gasteiger partial charge on any atom is 0.355 e. The molecule has 0 atom stereocenters. The molecule has 1 aliphatic carbocycles. The standard InChI is InChI=1S/C14H14ClN3O2/c15-12-6-17-4-3-9(12)8-20-14(19)13-5-10(16)7-18(13)11-1-2-11/h3-7,11H,1-2,8,16H2. The number of nitrogen functional groups attached to an aromatic ring is 1. The number of nitrogens with two attached hydrogens (primary N) is 1. The Morgan fingerprint density at radius 2 is 2.35 bits per heavy atom. The van der Waals surface area contributed by atoms with Crippen molar-refractivity contribution >= 4 is 23.3 Å². The van der Waals surface area contributed by atoms with Crippen molar-refractivity contribution in [3.8, 4) is 0 Å². The molecule has 2 aromatic rings. The number of anilines is 1. The monoisotopic (exact) mass is 291 g/mol. The summed E-state index contributed by atoms with van der Waals surface area (Å²) in [4.78, 5) is 16.0. The van der Waals surface area contributed by atoms with Crippen molar-refractivity contribution in [2.45, 2.75) is 25.5 Å². The molecule has 0 unspecified atom stereocenters. The molecule has 0 saturated heterocycles. The molecule has 2 aromatic heterocycles.